The molecule has 2 nitrogen and oxygen atoms in total. The van der Waals surface area contributed by atoms with Crippen molar-refractivity contribution < 1.29 is 4.74 Å². The molecule has 2 aromatic carbocycles. The predicted octanol–water partition coefficient (Wildman–Crippen LogP) is 5.70. The van der Waals surface area contributed by atoms with E-state index < -0.39 is 0 Å². The van der Waals surface area contributed by atoms with Gasteiger partial charge >= 0.3 is 0 Å². The molecule has 0 saturated heterocycles. The van der Waals surface area contributed by atoms with Gasteiger partial charge in [0.25, 0.3) is 0 Å². The maximum Gasteiger partial charge on any atom is 0.123 e. The molecule has 4 heteroatoms. The number of rotatable bonds is 4. The summed E-state index contributed by atoms with van der Waals surface area (Å²) >= 11 is 9.78. The van der Waals surface area contributed by atoms with Crippen LogP contribution in [0.5, 0.6) is 5.75 Å². The molecule has 0 fully saturated rings. The molecule has 0 atom stereocenters. The number of ether oxygens (including phenoxy) is 1. The highest BCUT2D eigenvalue weighted by atomic mass is 79.9. The first-order valence-electron chi connectivity index (χ1n) is 6.86. The second-order valence-electron chi connectivity index (χ2n) is 5.40. The summed E-state index contributed by atoms with van der Waals surface area (Å²) in [6.45, 7) is 6.70. The van der Waals surface area contributed by atoms with Crippen molar-refractivity contribution in [1.82, 2.24) is 0 Å². The van der Waals surface area contributed by atoms with Crippen molar-refractivity contribution in [3.8, 4) is 5.75 Å². The summed E-state index contributed by atoms with van der Waals surface area (Å²) in [6.07, 6.45) is 0. The van der Waals surface area contributed by atoms with Gasteiger partial charge in [-0.05, 0) is 58.1 Å². The average Bonchev–Trinajstić information content (AvgIpc) is 2.41. The van der Waals surface area contributed by atoms with Crippen LogP contribution in [0.25, 0.3) is 0 Å². The van der Waals surface area contributed by atoms with Gasteiger partial charge in [-0.3, -0.25) is 0 Å². The second kappa shape index (κ2) is 6.71. The first-order valence-corrected chi connectivity index (χ1v) is 8.03. The van der Waals surface area contributed by atoms with Gasteiger partial charge in [0.05, 0.1) is 0 Å². The van der Waals surface area contributed by atoms with E-state index in [2.05, 4.69) is 29.8 Å². The zero-order chi connectivity index (χ0) is 15.6. The van der Waals surface area contributed by atoms with Crippen LogP contribution in [-0.2, 0) is 6.61 Å². The molecule has 2 aromatic rings. The van der Waals surface area contributed by atoms with Crippen molar-refractivity contribution in [2.45, 2.75) is 33.3 Å². The van der Waals surface area contributed by atoms with E-state index in [9.17, 15) is 0 Å². The molecule has 0 aliphatic heterocycles. The van der Waals surface area contributed by atoms with Crippen molar-refractivity contribution in [2.75, 3.05) is 5.73 Å². The van der Waals surface area contributed by atoms with E-state index in [0.29, 0.717) is 18.2 Å². The smallest absolute Gasteiger partial charge is 0.123 e. The minimum absolute atomic E-state index is 0.361. The highest BCUT2D eigenvalue weighted by molar-refractivity contribution is 9.10. The van der Waals surface area contributed by atoms with E-state index in [1.54, 1.807) is 0 Å². The Morgan fingerprint density at radius 1 is 1.29 bits per heavy atom. The van der Waals surface area contributed by atoms with Crippen molar-refractivity contribution in [3.05, 3.63) is 56.5 Å². The molecule has 0 aromatic heterocycles. The van der Waals surface area contributed by atoms with E-state index in [0.717, 1.165) is 31.9 Å². The molecule has 112 valence electrons. The van der Waals surface area contributed by atoms with Crippen LogP contribution in [-0.4, -0.2) is 0 Å². The van der Waals surface area contributed by atoms with E-state index in [4.69, 9.17) is 22.1 Å². The lowest BCUT2D eigenvalue weighted by Gasteiger charge is -2.15. The highest BCUT2D eigenvalue weighted by Crippen LogP contribution is 2.32. The Kier molecular flexibility index (Phi) is 5.17. The van der Waals surface area contributed by atoms with Gasteiger partial charge in [0.2, 0.25) is 0 Å². The molecular formula is C17H19BrClNO. The Morgan fingerprint density at radius 2 is 2.00 bits per heavy atom. The lowest BCUT2D eigenvalue weighted by Crippen LogP contribution is -2.01. The fourth-order valence-electron chi connectivity index (χ4n) is 2.13. The minimum Gasteiger partial charge on any atom is -0.489 e. The molecular weight excluding hydrogens is 350 g/mol. The largest absolute Gasteiger partial charge is 0.489 e. The number of hydrogen-bond donors (Lipinski definition) is 1. The Labute approximate surface area is 139 Å². The van der Waals surface area contributed by atoms with Gasteiger partial charge in [-0.15, -0.1) is 0 Å². The Bertz CT molecular complexity index is 655. The predicted molar refractivity (Wildman–Crippen MR) is 93.2 cm³/mol. The molecule has 0 bridgehead atoms. The molecule has 2 N–H and O–H groups in total. The SMILES string of the molecule is Cc1cc(Cl)c(C(C)C)cc1OCc1cccc(N)c1Br. The van der Waals surface area contributed by atoms with Crippen LogP contribution < -0.4 is 10.5 Å². The van der Waals surface area contributed by atoms with E-state index >= 15 is 0 Å². The van der Waals surface area contributed by atoms with Crippen LogP contribution in [0.15, 0.2) is 34.8 Å². The maximum atomic E-state index is 6.28. The summed E-state index contributed by atoms with van der Waals surface area (Å²) in [4.78, 5) is 0. The quantitative estimate of drug-likeness (QED) is 0.703. The van der Waals surface area contributed by atoms with Gasteiger partial charge < -0.3 is 10.5 Å². The van der Waals surface area contributed by atoms with Crippen molar-refractivity contribution in [1.29, 1.82) is 0 Å². The van der Waals surface area contributed by atoms with E-state index in [1.807, 2.05) is 37.3 Å². The number of nitrogen functional groups attached to an aromatic ring is 1. The van der Waals surface area contributed by atoms with Crippen LogP contribution in [0.2, 0.25) is 5.02 Å². The molecule has 0 radical (unpaired) electrons. The standard InChI is InChI=1S/C17H19BrClNO/c1-10(2)13-8-16(11(3)7-14(13)19)21-9-12-5-4-6-15(20)17(12)18/h4-8,10H,9,20H2,1-3H3. The van der Waals surface area contributed by atoms with Gasteiger partial charge in [-0.2, -0.15) is 0 Å². The summed E-state index contributed by atoms with van der Waals surface area (Å²) in [6, 6.07) is 9.77. The maximum absolute atomic E-state index is 6.28. The van der Waals surface area contributed by atoms with Crippen LogP contribution in [0.1, 0.15) is 36.5 Å². The van der Waals surface area contributed by atoms with Gasteiger partial charge in [0.1, 0.15) is 12.4 Å². The Morgan fingerprint density at radius 3 is 2.67 bits per heavy atom. The highest BCUT2D eigenvalue weighted by Gasteiger charge is 2.11. The third-order valence-electron chi connectivity index (χ3n) is 3.41. The molecule has 2 rings (SSSR count). The molecule has 0 unspecified atom stereocenters. The summed E-state index contributed by atoms with van der Waals surface area (Å²) < 4.78 is 6.85. The molecule has 0 aliphatic rings. The van der Waals surface area contributed by atoms with Crippen molar-refractivity contribution >= 4 is 33.2 Å². The van der Waals surface area contributed by atoms with Gasteiger partial charge in [0.15, 0.2) is 0 Å². The molecule has 0 spiro atoms. The fourth-order valence-corrected chi connectivity index (χ4v) is 2.95. The van der Waals surface area contributed by atoms with Gasteiger partial charge in [-0.1, -0.05) is 37.6 Å². The monoisotopic (exact) mass is 367 g/mol. The number of aryl methyl sites for hydroxylation is 1. The third kappa shape index (κ3) is 3.72. The first-order chi connectivity index (χ1) is 9.90. The van der Waals surface area contributed by atoms with Crippen molar-refractivity contribution in [2.24, 2.45) is 0 Å². The average molecular weight is 369 g/mol. The Balaban J connectivity index is 2.24. The molecule has 21 heavy (non-hydrogen) atoms. The minimum atomic E-state index is 0.361. The number of nitrogens with two attached hydrogens (primary N) is 1. The van der Waals surface area contributed by atoms with E-state index in [1.165, 1.54) is 0 Å². The zero-order valence-electron chi connectivity index (χ0n) is 12.4. The van der Waals surface area contributed by atoms with Crippen LogP contribution in [0.3, 0.4) is 0 Å². The van der Waals surface area contributed by atoms with Gasteiger partial charge in [-0.25, -0.2) is 0 Å². The van der Waals surface area contributed by atoms with Crippen molar-refractivity contribution in [3.63, 3.8) is 0 Å². The first kappa shape index (κ1) is 16.2. The topological polar surface area (TPSA) is 35.2 Å². The summed E-state index contributed by atoms with van der Waals surface area (Å²) in [5.74, 6) is 1.22. The number of halogens is 2. The zero-order valence-corrected chi connectivity index (χ0v) is 14.8. The summed E-state index contributed by atoms with van der Waals surface area (Å²) in [5, 5.41) is 0.792. The van der Waals surface area contributed by atoms with Crippen LogP contribution in [0.4, 0.5) is 5.69 Å². The normalized spacial score (nSPS) is 11.0. The molecule has 0 saturated carbocycles. The number of benzene rings is 2. The van der Waals surface area contributed by atoms with Gasteiger partial charge in [0, 0.05) is 20.7 Å². The molecule has 0 aliphatic carbocycles. The van der Waals surface area contributed by atoms with Crippen LogP contribution in [0, 0.1) is 6.92 Å². The lowest BCUT2D eigenvalue weighted by atomic mass is 10.0. The van der Waals surface area contributed by atoms with E-state index in [-0.39, 0.29) is 0 Å². The number of hydrogen-bond acceptors (Lipinski definition) is 2. The number of anilines is 1. The fraction of sp³-hybridized carbons (Fsp3) is 0.294. The summed E-state index contributed by atoms with van der Waals surface area (Å²) in [7, 11) is 0. The lowest BCUT2D eigenvalue weighted by molar-refractivity contribution is 0.303. The second-order valence-corrected chi connectivity index (χ2v) is 6.60. The third-order valence-corrected chi connectivity index (χ3v) is 4.70. The molecule has 0 heterocycles. The Hall–Kier alpha value is -1.19. The molecule has 0 amide bonds. The van der Waals surface area contributed by atoms with Crippen LogP contribution >= 0.6 is 27.5 Å². The summed E-state index contributed by atoms with van der Waals surface area (Å²) in [5.41, 5.74) is 9.75.